The summed E-state index contributed by atoms with van der Waals surface area (Å²) in [6, 6.07) is 20.9. The van der Waals surface area contributed by atoms with E-state index in [4.69, 9.17) is 4.65 Å². The lowest BCUT2D eigenvalue weighted by Crippen LogP contribution is -2.71. The van der Waals surface area contributed by atoms with Crippen LogP contribution in [0.5, 0.6) is 0 Å². The second-order valence-electron chi connectivity index (χ2n) is 14.7. The predicted octanol–water partition coefficient (Wildman–Crippen LogP) is 9.98. The fourth-order valence-corrected chi connectivity index (χ4v) is 20.8. The van der Waals surface area contributed by atoms with E-state index < -0.39 is 135 Å². The lowest BCUT2D eigenvalue weighted by atomic mass is 9.31. The van der Waals surface area contributed by atoms with E-state index >= 15 is 52.7 Å². The largest absolute Gasteiger partial charge is 0.540 e. The molecule has 61 heavy (non-hydrogen) atoms. The molecule has 7 rings (SSSR count). The van der Waals surface area contributed by atoms with Crippen molar-refractivity contribution in [3.8, 4) is 0 Å². The van der Waals surface area contributed by atoms with E-state index in [-0.39, 0.29) is 16.2 Å². The van der Waals surface area contributed by atoms with Crippen LogP contribution in [-0.2, 0) is 10.00 Å². The molecule has 0 amide bonds. The zero-order chi connectivity index (χ0) is 44.7. The number of halogens is 15. The Balaban J connectivity index is 1.90. The monoisotopic (exact) mass is 900 g/mol. The molecule has 1 nitrogen and oxygen atoms in total. The molecule has 0 radical (unpaired) electrons. The first-order valence-electron chi connectivity index (χ1n) is 17.9. The zero-order valence-corrected chi connectivity index (χ0v) is 33.2. The van der Waals surface area contributed by atoms with Gasteiger partial charge in [0.1, 0.15) is 41.1 Å². The first-order valence-corrected chi connectivity index (χ1v) is 22.6. The highest BCUT2D eigenvalue weighted by molar-refractivity contribution is 7.96. The molecule has 0 aromatic heterocycles. The minimum atomic E-state index is -5.36. The van der Waals surface area contributed by atoms with E-state index in [2.05, 4.69) is 0 Å². The number of hydrogen-bond donors (Lipinski definition) is 0. The molecular weight excluding hydrogens is 875 g/mol. The van der Waals surface area contributed by atoms with Crippen LogP contribution >= 0.6 is 7.26 Å². The molecule has 0 spiro atoms. The van der Waals surface area contributed by atoms with Crippen LogP contribution in [-0.4, -0.2) is 14.4 Å². The normalized spacial score (nSPS) is 17.4. The van der Waals surface area contributed by atoms with Crippen LogP contribution in [0.1, 0.15) is 12.5 Å². The Bertz CT molecular complexity index is 2600. The Morgan fingerprint density at radius 1 is 0.426 bits per heavy atom. The smallest absolute Gasteiger partial charge is 0.209 e. The standard InChI is InChI=1S/C42H25BF15OPSi/c1-42(20-13-7-4-8-14-20)59-43(24-26(44)30(48)34(52)31(49)27(24)45,25-28(46)32(50)35(53)33(51)29(25)47)19-23(61(2,3)41-39(57)37(55)36(54)38(56)40(41)58)60(42,21-15-9-5-10-16-21)22-17-11-6-12-18-22/h4-19H,1-3H3/t42-/m0/s1. The van der Waals surface area contributed by atoms with Gasteiger partial charge in [0.25, 0.3) is 0 Å². The van der Waals surface area contributed by atoms with Crippen LogP contribution in [0.3, 0.4) is 0 Å². The fraction of sp³-hybridized carbons (Fsp3) is 0.0952. The molecule has 1 aliphatic heterocycles. The van der Waals surface area contributed by atoms with Gasteiger partial charge in [-0.3, -0.25) is 0 Å². The number of hydrogen-bond acceptors (Lipinski definition) is 1. The van der Waals surface area contributed by atoms with Gasteiger partial charge in [0, 0.05) is 22.6 Å². The summed E-state index contributed by atoms with van der Waals surface area (Å²) < 4.78 is 243. The van der Waals surface area contributed by atoms with Crippen LogP contribution in [0.15, 0.2) is 102 Å². The maximum atomic E-state index is 16.6. The first kappa shape index (κ1) is 43.8. The van der Waals surface area contributed by atoms with E-state index in [9.17, 15) is 13.2 Å². The van der Waals surface area contributed by atoms with Gasteiger partial charge in [-0.1, -0.05) is 90.7 Å². The Labute approximate surface area is 338 Å². The quantitative estimate of drug-likeness (QED) is 0.0510. The van der Waals surface area contributed by atoms with E-state index in [1.807, 2.05) is 0 Å². The van der Waals surface area contributed by atoms with Gasteiger partial charge in [-0.2, -0.15) is 5.98 Å². The molecule has 19 heteroatoms. The van der Waals surface area contributed by atoms with Crippen LogP contribution < -0.4 is 26.7 Å². The predicted molar refractivity (Wildman–Crippen MR) is 203 cm³/mol. The molecule has 1 atom stereocenters. The molecule has 0 fully saturated rings. The zero-order valence-electron chi connectivity index (χ0n) is 31.3. The van der Waals surface area contributed by atoms with Crippen molar-refractivity contribution in [2.45, 2.75) is 25.4 Å². The molecule has 316 valence electrons. The fourth-order valence-electron chi connectivity index (χ4n) is 8.61. The molecule has 0 aliphatic carbocycles. The van der Waals surface area contributed by atoms with E-state index in [1.165, 1.54) is 91.0 Å². The Kier molecular flexibility index (Phi) is 10.9. The summed E-state index contributed by atoms with van der Waals surface area (Å²) in [6.07, 6.45) is -5.36. The molecule has 6 aromatic rings. The van der Waals surface area contributed by atoms with E-state index in [0.717, 1.165) is 20.0 Å². The van der Waals surface area contributed by atoms with Crippen LogP contribution in [0, 0.1) is 87.3 Å². The molecule has 0 saturated carbocycles. The molecule has 6 aromatic carbocycles. The van der Waals surface area contributed by atoms with Crippen molar-refractivity contribution in [3.63, 3.8) is 0 Å². The molecule has 0 bridgehead atoms. The van der Waals surface area contributed by atoms with Gasteiger partial charge in [-0.15, -0.1) is 0 Å². The molecule has 0 unspecified atom stereocenters. The average molecular weight is 901 g/mol. The third-order valence-electron chi connectivity index (χ3n) is 11.2. The summed E-state index contributed by atoms with van der Waals surface area (Å²) in [4.78, 5) is -0.661. The van der Waals surface area contributed by atoms with Crippen LogP contribution in [0.25, 0.3) is 0 Å². The summed E-state index contributed by atoms with van der Waals surface area (Å²) in [5, 5.41) is -4.04. The van der Waals surface area contributed by atoms with Crippen molar-refractivity contribution in [1.82, 2.24) is 0 Å². The van der Waals surface area contributed by atoms with Gasteiger partial charge < -0.3 is 4.65 Å². The Hall–Kier alpha value is -5.32. The van der Waals surface area contributed by atoms with Gasteiger partial charge in [0.05, 0.1) is 0 Å². The first-order chi connectivity index (χ1) is 28.6. The molecular formula is C42H25BF15OPSi. The topological polar surface area (TPSA) is 9.23 Å². The van der Waals surface area contributed by atoms with Gasteiger partial charge in [-0.25, -0.2) is 65.9 Å². The molecule has 1 aliphatic rings. The Morgan fingerprint density at radius 3 is 1.07 bits per heavy atom. The summed E-state index contributed by atoms with van der Waals surface area (Å²) in [7, 11) is -9.57. The van der Waals surface area contributed by atoms with Gasteiger partial charge in [0.15, 0.2) is 71.6 Å². The van der Waals surface area contributed by atoms with Crippen molar-refractivity contribution in [3.05, 3.63) is 195 Å². The maximum absolute atomic E-state index is 16.6. The highest BCUT2D eigenvalue weighted by atomic mass is 31.2. The van der Waals surface area contributed by atoms with Gasteiger partial charge >= 0.3 is 0 Å². The summed E-state index contributed by atoms with van der Waals surface area (Å²) >= 11 is 0. The van der Waals surface area contributed by atoms with E-state index in [0.29, 0.717) is 5.98 Å². The third kappa shape index (κ3) is 6.03. The number of benzene rings is 6. The lowest BCUT2D eigenvalue weighted by Gasteiger charge is -2.59. The summed E-state index contributed by atoms with van der Waals surface area (Å²) in [5.74, 6) is -40.3. The van der Waals surface area contributed by atoms with Gasteiger partial charge in [-0.05, 0) is 24.3 Å². The average Bonchev–Trinajstić information content (AvgIpc) is 3.25. The highest BCUT2D eigenvalue weighted by Crippen LogP contribution is 2.80. The minimum absolute atomic E-state index is 0.0717. The lowest BCUT2D eigenvalue weighted by molar-refractivity contribution is 0.176. The van der Waals surface area contributed by atoms with Crippen LogP contribution in [0.2, 0.25) is 13.1 Å². The molecule has 0 saturated heterocycles. The SMILES string of the molecule is C[C@]1(c2ccccc2)O[B-](c2c(F)c(F)c(F)c(F)c2F)(c2c(F)c(F)c(F)c(F)c2F)C=C([Si](C)(C)c2c(F)c(F)c(F)c(F)c2F)[P+]1(c1ccccc1)c1ccccc1. The summed E-state index contributed by atoms with van der Waals surface area (Å²) in [6.45, 7) is 3.03. The second kappa shape index (κ2) is 15.2. The van der Waals surface area contributed by atoms with Crippen LogP contribution in [0.4, 0.5) is 65.9 Å². The summed E-state index contributed by atoms with van der Waals surface area (Å²) in [5.41, 5.74) is -4.76. The molecule has 1 heterocycles. The van der Waals surface area contributed by atoms with E-state index in [1.54, 1.807) is 0 Å². The van der Waals surface area contributed by atoms with Crippen molar-refractivity contribution in [1.29, 1.82) is 0 Å². The molecule has 0 N–H and O–H groups in total. The van der Waals surface area contributed by atoms with Crippen molar-refractivity contribution >= 4 is 48.4 Å². The number of rotatable bonds is 7. The van der Waals surface area contributed by atoms with Crippen molar-refractivity contribution < 1.29 is 70.5 Å². The highest BCUT2D eigenvalue weighted by Gasteiger charge is 2.70. The van der Waals surface area contributed by atoms with Crippen molar-refractivity contribution in [2.75, 3.05) is 0 Å². The second-order valence-corrected chi connectivity index (χ2v) is 23.2. The van der Waals surface area contributed by atoms with Crippen molar-refractivity contribution in [2.24, 2.45) is 0 Å². The van der Waals surface area contributed by atoms with Gasteiger partial charge in [0.2, 0.25) is 12.2 Å². The minimum Gasteiger partial charge on any atom is -0.540 e. The Morgan fingerprint density at radius 2 is 0.721 bits per heavy atom. The third-order valence-corrected chi connectivity index (χ3v) is 21.7. The maximum Gasteiger partial charge on any atom is 0.209 e.